The Hall–Kier alpha value is -2.77. The second kappa shape index (κ2) is 5.40. The number of fused-ring (bicyclic) bond motifs is 1. The summed E-state index contributed by atoms with van der Waals surface area (Å²) in [5.41, 5.74) is 7.86. The first-order valence-electron chi connectivity index (χ1n) is 7.73. The van der Waals surface area contributed by atoms with Gasteiger partial charge in [0.15, 0.2) is 23.1 Å². The molecule has 6 nitrogen and oxygen atoms in total. The highest BCUT2D eigenvalue weighted by atomic mass is 19.2. The van der Waals surface area contributed by atoms with Crippen molar-refractivity contribution >= 4 is 22.9 Å². The van der Waals surface area contributed by atoms with Crippen LogP contribution in [0.25, 0.3) is 11.2 Å². The van der Waals surface area contributed by atoms with Gasteiger partial charge in [-0.25, -0.2) is 13.8 Å². The van der Waals surface area contributed by atoms with Gasteiger partial charge in [-0.1, -0.05) is 6.07 Å². The average Bonchev–Trinajstić information content (AvgIpc) is 3.17. The number of rotatable bonds is 2. The first-order chi connectivity index (χ1) is 11.5. The van der Waals surface area contributed by atoms with E-state index in [4.69, 9.17) is 5.73 Å². The van der Waals surface area contributed by atoms with Crippen LogP contribution in [0.1, 0.15) is 24.8 Å². The van der Waals surface area contributed by atoms with E-state index in [0.29, 0.717) is 29.5 Å². The number of nitrogens with zero attached hydrogens (tertiary/aromatic N) is 4. The van der Waals surface area contributed by atoms with E-state index in [-0.39, 0.29) is 12.0 Å². The highest BCUT2D eigenvalue weighted by molar-refractivity contribution is 5.82. The number of hydrogen-bond donors (Lipinski definition) is 2. The fraction of sp³-hybridized carbons (Fsp3) is 0.312. The number of benzene rings is 1. The van der Waals surface area contributed by atoms with Crippen molar-refractivity contribution in [3.8, 4) is 0 Å². The van der Waals surface area contributed by atoms with Gasteiger partial charge in [-0.2, -0.15) is 9.97 Å². The van der Waals surface area contributed by atoms with Gasteiger partial charge >= 0.3 is 0 Å². The number of aromatic nitrogens is 4. The quantitative estimate of drug-likeness (QED) is 0.754. The molecule has 0 radical (unpaired) electrons. The third-order valence-electron chi connectivity index (χ3n) is 4.69. The van der Waals surface area contributed by atoms with E-state index in [1.807, 2.05) is 11.8 Å². The minimum atomic E-state index is -0.832. The molecule has 0 amide bonds. The summed E-state index contributed by atoms with van der Waals surface area (Å²) in [6.45, 7) is 2.73. The van der Waals surface area contributed by atoms with Crippen LogP contribution in [0.4, 0.5) is 20.5 Å². The van der Waals surface area contributed by atoms with Crippen molar-refractivity contribution in [2.45, 2.75) is 25.3 Å². The SMILES string of the molecule is CC1C(c2ccc(F)c(F)c2)CCN1c1nc(N)c2[nH]cnc2n1. The van der Waals surface area contributed by atoms with Gasteiger partial charge in [0, 0.05) is 18.5 Å². The lowest BCUT2D eigenvalue weighted by Gasteiger charge is -2.25. The molecule has 3 aromatic rings. The fourth-order valence-electron chi connectivity index (χ4n) is 3.38. The van der Waals surface area contributed by atoms with E-state index in [9.17, 15) is 8.78 Å². The number of nitrogens with two attached hydrogens (primary N) is 1. The molecule has 124 valence electrons. The number of nitrogen functional groups attached to an aromatic ring is 1. The van der Waals surface area contributed by atoms with Gasteiger partial charge < -0.3 is 15.6 Å². The lowest BCUT2D eigenvalue weighted by atomic mass is 9.92. The van der Waals surface area contributed by atoms with E-state index >= 15 is 0 Å². The first kappa shape index (κ1) is 14.8. The summed E-state index contributed by atoms with van der Waals surface area (Å²) in [4.78, 5) is 17.9. The monoisotopic (exact) mass is 330 g/mol. The molecule has 0 saturated carbocycles. The standard InChI is InChI=1S/C16H16F2N6/c1-8-10(9-2-3-11(17)12(18)6-9)4-5-24(8)16-22-14(19)13-15(23-16)21-7-20-13/h2-3,6-8,10H,4-5H2,1H3,(H3,19,20,21,22,23). The molecule has 2 atom stereocenters. The Labute approximate surface area is 136 Å². The normalized spacial score (nSPS) is 20.9. The summed E-state index contributed by atoms with van der Waals surface area (Å²) in [6, 6.07) is 4.11. The number of halogens is 2. The van der Waals surface area contributed by atoms with E-state index in [0.717, 1.165) is 12.0 Å². The largest absolute Gasteiger partial charge is 0.382 e. The van der Waals surface area contributed by atoms with Crippen LogP contribution in [-0.4, -0.2) is 32.5 Å². The molecule has 8 heteroatoms. The third kappa shape index (κ3) is 2.26. The second-order valence-electron chi connectivity index (χ2n) is 6.01. The Kier molecular flexibility index (Phi) is 3.33. The van der Waals surface area contributed by atoms with Crippen molar-refractivity contribution < 1.29 is 8.78 Å². The first-order valence-corrected chi connectivity index (χ1v) is 7.73. The smallest absolute Gasteiger partial charge is 0.229 e. The van der Waals surface area contributed by atoms with Crippen LogP contribution in [0.3, 0.4) is 0 Å². The number of anilines is 2. The molecule has 24 heavy (non-hydrogen) atoms. The lowest BCUT2D eigenvalue weighted by Crippen LogP contribution is -2.31. The van der Waals surface area contributed by atoms with Gasteiger partial charge in [-0.05, 0) is 31.0 Å². The number of nitrogens with one attached hydrogen (secondary N) is 1. The zero-order valence-corrected chi connectivity index (χ0v) is 13.0. The molecule has 1 aliphatic rings. The maximum atomic E-state index is 13.5. The summed E-state index contributed by atoms with van der Waals surface area (Å²) in [5, 5.41) is 0. The Bertz CT molecular complexity index is 909. The molecule has 3 N–H and O–H groups in total. The Morgan fingerprint density at radius 1 is 1.25 bits per heavy atom. The molecular formula is C16H16F2N6. The van der Waals surface area contributed by atoms with Gasteiger partial charge in [0.25, 0.3) is 0 Å². The number of hydrogen-bond acceptors (Lipinski definition) is 5. The number of imidazole rings is 1. The van der Waals surface area contributed by atoms with Gasteiger partial charge in [-0.3, -0.25) is 0 Å². The van der Waals surface area contributed by atoms with Gasteiger partial charge in [0.05, 0.1) is 6.33 Å². The number of H-pyrrole nitrogens is 1. The van der Waals surface area contributed by atoms with Crippen molar-refractivity contribution in [1.29, 1.82) is 0 Å². The van der Waals surface area contributed by atoms with Crippen LogP contribution >= 0.6 is 0 Å². The molecule has 1 saturated heterocycles. The van der Waals surface area contributed by atoms with E-state index in [2.05, 4.69) is 19.9 Å². The van der Waals surface area contributed by atoms with E-state index in [1.54, 1.807) is 6.07 Å². The lowest BCUT2D eigenvalue weighted by molar-refractivity contribution is 0.503. The van der Waals surface area contributed by atoms with Gasteiger partial charge in [0.1, 0.15) is 5.52 Å². The van der Waals surface area contributed by atoms with Crippen LogP contribution < -0.4 is 10.6 Å². The van der Waals surface area contributed by atoms with E-state index < -0.39 is 11.6 Å². The van der Waals surface area contributed by atoms with Crippen molar-refractivity contribution in [2.75, 3.05) is 17.2 Å². The highest BCUT2D eigenvalue weighted by Gasteiger charge is 2.34. The molecule has 4 rings (SSSR count). The van der Waals surface area contributed by atoms with Crippen molar-refractivity contribution in [3.63, 3.8) is 0 Å². The summed E-state index contributed by atoms with van der Waals surface area (Å²) < 4.78 is 26.7. The Morgan fingerprint density at radius 3 is 2.88 bits per heavy atom. The molecule has 0 aliphatic carbocycles. The summed E-state index contributed by atoms with van der Waals surface area (Å²) in [6.07, 6.45) is 2.32. The molecule has 1 aromatic carbocycles. The van der Waals surface area contributed by atoms with Crippen molar-refractivity contribution in [3.05, 3.63) is 41.7 Å². The molecule has 0 bridgehead atoms. The van der Waals surface area contributed by atoms with Gasteiger partial charge in [-0.15, -0.1) is 0 Å². The molecule has 0 spiro atoms. The van der Waals surface area contributed by atoms with Crippen molar-refractivity contribution in [2.24, 2.45) is 0 Å². The van der Waals surface area contributed by atoms with Crippen LogP contribution in [-0.2, 0) is 0 Å². The zero-order valence-electron chi connectivity index (χ0n) is 13.0. The molecule has 1 fully saturated rings. The van der Waals surface area contributed by atoms with Crippen LogP contribution in [0.15, 0.2) is 24.5 Å². The van der Waals surface area contributed by atoms with Crippen molar-refractivity contribution in [1.82, 2.24) is 19.9 Å². The Morgan fingerprint density at radius 2 is 2.08 bits per heavy atom. The zero-order chi connectivity index (χ0) is 16.8. The molecule has 3 heterocycles. The summed E-state index contributed by atoms with van der Waals surface area (Å²) in [5.74, 6) is -0.738. The van der Waals surface area contributed by atoms with Gasteiger partial charge in [0.2, 0.25) is 5.95 Å². The number of aromatic amines is 1. The Balaban J connectivity index is 1.66. The molecule has 2 unspecified atom stereocenters. The molecule has 1 aliphatic heterocycles. The third-order valence-corrected chi connectivity index (χ3v) is 4.69. The highest BCUT2D eigenvalue weighted by Crippen LogP contribution is 2.36. The maximum absolute atomic E-state index is 13.5. The topological polar surface area (TPSA) is 83.7 Å². The van der Waals surface area contributed by atoms with Crippen LogP contribution in [0.5, 0.6) is 0 Å². The van der Waals surface area contributed by atoms with E-state index in [1.165, 1.54) is 18.5 Å². The summed E-state index contributed by atoms with van der Waals surface area (Å²) in [7, 11) is 0. The maximum Gasteiger partial charge on any atom is 0.229 e. The minimum Gasteiger partial charge on any atom is -0.382 e. The molecular weight excluding hydrogens is 314 g/mol. The average molecular weight is 330 g/mol. The summed E-state index contributed by atoms with van der Waals surface area (Å²) >= 11 is 0. The predicted octanol–water partition coefficient (Wildman–Crippen LogP) is 2.60. The van der Waals surface area contributed by atoms with Crippen LogP contribution in [0, 0.1) is 11.6 Å². The molecule has 2 aromatic heterocycles. The van der Waals surface area contributed by atoms with Crippen LogP contribution in [0.2, 0.25) is 0 Å². The fourth-order valence-corrected chi connectivity index (χ4v) is 3.38. The second-order valence-corrected chi connectivity index (χ2v) is 6.01. The predicted molar refractivity (Wildman–Crippen MR) is 86.6 cm³/mol. The minimum absolute atomic E-state index is 0.0330.